The van der Waals surface area contributed by atoms with E-state index in [-0.39, 0.29) is 24.5 Å². The first-order valence-electron chi connectivity index (χ1n) is 9.05. The van der Waals surface area contributed by atoms with E-state index in [4.69, 9.17) is 25.8 Å². The fourth-order valence-electron chi connectivity index (χ4n) is 3.07. The lowest BCUT2D eigenvalue weighted by molar-refractivity contribution is -0.200. The lowest BCUT2D eigenvalue weighted by Crippen LogP contribution is -2.43. The number of nitrogens with one attached hydrogen (secondary N) is 1. The van der Waals surface area contributed by atoms with Gasteiger partial charge in [0.05, 0.1) is 24.9 Å². The molecule has 5 heteroatoms. The summed E-state index contributed by atoms with van der Waals surface area (Å²) >= 11 is 6.27. The molecule has 0 unspecified atom stereocenters. The van der Waals surface area contributed by atoms with Crippen molar-refractivity contribution in [2.24, 2.45) is 0 Å². The minimum Gasteiger partial charge on any atom is -0.491 e. The summed E-state index contributed by atoms with van der Waals surface area (Å²) in [5, 5.41) is 4.13. The lowest BCUT2D eigenvalue weighted by atomic mass is 10.0. The van der Waals surface area contributed by atoms with Gasteiger partial charge in [-0.2, -0.15) is 0 Å². The molecule has 1 fully saturated rings. The first-order chi connectivity index (χ1) is 12.5. The SMILES string of the molecule is CC(C)Oc1cc(Cl)cc([C@@H](C)O[C@H]2OCCN[C@H]2c2ccccc2)c1. The van der Waals surface area contributed by atoms with Gasteiger partial charge in [0.15, 0.2) is 6.29 Å². The molecule has 0 spiro atoms. The Morgan fingerprint density at radius 1 is 1.12 bits per heavy atom. The Hall–Kier alpha value is -1.59. The number of rotatable bonds is 6. The van der Waals surface area contributed by atoms with Crippen LogP contribution in [-0.2, 0) is 9.47 Å². The van der Waals surface area contributed by atoms with Crippen LogP contribution in [-0.4, -0.2) is 25.5 Å². The molecule has 0 aliphatic carbocycles. The van der Waals surface area contributed by atoms with Crippen LogP contribution < -0.4 is 10.1 Å². The van der Waals surface area contributed by atoms with Crippen LogP contribution in [0.15, 0.2) is 48.5 Å². The van der Waals surface area contributed by atoms with E-state index in [1.54, 1.807) is 0 Å². The number of ether oxygens (including phenoxy) is 3. The molecule has 0 bridgehead atoms. The molecule has 140 valence electrons. The molecular weight excluding hydrogens is 350 g/mol. The zero-order valence-electron chi connectivity index (χ0n) is 15.4. The van der Waals surface area contributed by atoms with Crippen LogP contribution in [0.1, 0.15) is 44.0 Å². The Balaban J connectivity index is 1.75. The van der Waals surface area contributed by atoms with Crippen LogP contribution in [0.2, 0.25) is 5.02 Å². The standard InChI is InChI=1S/C21H26ClNO3/c1-14(2)25-19-12-17(11-18(22)13-19)15(3)26-21-20(23-9-10-24-21)16-7-5-4-6-8-16/h4-8,11-15,20-21,23H,9-10H2,1-3H3/t15-,20+,21-/m1/s1. The minimum absolute atomic E-state index is 0.00188. The van der Waals surface area contributed by atoms with Gasteiger partial charge in [-0.15, -0.1) is 0 Å². The van der Waals surface area contributed by atoms with Crippen LogP contribution >= 0.6 is 11.6 Å². The van der Waals surface area contributed by atoms with Crippen molar-refractivity contribution in [2.45, 2.75) is 45.3 Å². The van der Waals surface area contributed by atoms with E-state index >= 15 is 0 Å². The van der Waals surface area contributed by atoms with Gasteiger partial charge < -0.3 is 19.5 Å². The van der Waals surface area contributed by atoms with E-state index in [0.29, 0.717) is 11.6 Å². The molecule has 2 aromatic rings. The Bertz CT molecular complexity index is 708. The smallest absolute Gasteiger partial charge is 0.177 e. The summed E-state index contributed by atoms with van der Waals surface area (Å²) in [6, 6.07) is 15.9. The van der Waals surface area contributed by atoms with Crippen molar-refractivity contribution in [3.63, 3.8) is 0 Å². The van der Waals surface area contributed by atoms with E-state index in [0.717, 1.165) is 23.4 Å². The van der Waals surface area contributed by atoms with Crippen LogP contribution in [0.25, 0.3) is 0 Å². The van der Waals surface area contributed by atoms with Crippen molar-refractivity contribution >= 4 is 11.6 Å². The largest absolute Gasteiger partial charge is 0.491 e. The van der Waals surface area contributed by atoms with E-state index in [9.17, 15) is 0 Å². The van der Waals surface area contributed by atoms with E-state index in [2.05, 4.69) is 17.4 Å². The fraction of sp³-hybridized carbons (Fsp3) is 0.429. The van der Waals surface area contributed by atoms with Gasteiger partial charge in [-0.05, 0) is 50.1 Å². The molecule has 0 aromatic heterocycles. The maximum absolute atomic E-state index is 6.27. The van der Waals surface area contributed by atoms with Crippen molar-refractivity contribution in [2.75, 3.05) is 13.2 Å². The highest BCUT2D eigenvalue weighted by atomic mass is 35.5. The molecule has 3 rings (SSSR count). The number of halogens is 1. The highest BCUT2D eigenvalue weighted by Crippen LogP contribution is 2.31. The second-order valence-corrected chi connectivity index (χ2v) is 7.18. The molecule has 0 amide bonds. The molecule has 1 aliphatic rings. The van der Waals surface area contributed by atoms with Gasteiger partial charge in [0.25, 0.3) is 0 Å². The molecular formula is C21H26ClNO3. The van der Waals surface area contributed by atoms with Crippen LogP contribution in [0, 0.1) is 0 Å². The molecule has 0 saturated carbocycles. The number of morpholine rings is 1. The van der Waals surface area contributed by atoms with Gasteiger partial charge >= 0.3 is 0 Å². The molecule has 1 aliphatic heterocycles. The van der Waals surface area contributed by atoms with E-state index in [1.807, 2.05) is 57.2 Å². The summed E-state index contributed by atoms with van der Waals surface area (Å²) in [4.78, 5) is 0. The lowest BCUT2D eigenvalue weighted by Gasteiger charge is -2.34. The Kier molecular flexibility index (Phi) is 6.54. The summed E-state index contributed by atoms with van der Waals surface area (Å²) in [6.45, 7) is 7.42. The summed E-state index contributed by atoms with van der Waals surface area (Å²) in [7, 11) is 0. The van der Waals surface area contributed by atoms with Gasteiger partial charge in [-0.3, -0.25) is 0 Å². The van der Waals surface area contributed by atoms with Crippen LogP contribution in [0.5, 0.6) is 5.75 Å². The predicted molar refractivity (Wildman–Crippen MR) is 104 cm³/mol. The average molecular weight is 376 g/mol. The molecule has 2 aromatic carbocycles. The Morgan fingerprint density at radius 3 is 2.62 bits per heavy atom. The molecule has 3 atom stereocenters. The van der Waals surface area contributed by atoms with Crippen molar-refractivity contribution < 1.29 is 14.2 Å². The predicted octanol–water partition coefficient (Wildman–Crippen LogP) is 4.89. The van der Waals surface area contributed by atoms with E-state index < -0.39 is 0 Å². The second kappa shape index (κ2) is 8.87. The number of benzene rings is 2. The normalized spacial score (nSPS) is 21.6. The highest BCUT2D eigenvalue weighted by Gasteiger charge is 2.29. The van der Waals surface area contributed by atoms with Crippen molar-refractivity contribution in [3.05, 3.63) is 64.7 Å². The summed E-state index contributed by atoms with van der Waals surface area (Å²) in [5.41, 5.74) is 2.12. The van der Waals surface area contributed by atoms with Crippen molar-refractivity contribution in [1.82, 2.24) is 5.32 Å². The van der Waals surface area contributed by atoms with E-state index in [1.165, 1.54) is 0 Å². The summed E-state index contributed by atoms with van der Waals surface area (Å²) in [5.74, 6) is 0.750. The van der Waals surface area contributed by atoms with Gasteiger partial charge in [-0.1, -0.05) is 41.9 Å². The molecule has 4 nitrogen and oxygen atoms in total. The summed E-state index contributed by atoms with van der Waals surface area (Å²) in [6.07, 6.45) is -0.459. The van der Waals surface area contributed by atoms with Crippen molar-refractivity contribution in [3.8, 4) is 5.75 Å². The van der Waals surface area contributed by atoms with Gasteiger partial charge in [0.1, 0.15) is 5.75 Å². The zero-order chi connectivity index (χ0) is 18.5. The number of hydrogen-bond acceptors (Lipinski definition) is 4. The average Bonchev–Trinajstić information content (AvgIpc) is 2.62. The van der Waals surface area contributed by atoms with Gasteiger partial charge in [0.2, 0.25) is 0 Å². The zero-order valence-corrected chi connectivity index (χ0v) is 16.2. The topological polar surface area (TPSA) is 39.7 Å². The minimum atomic E-state index is -0.366. The molecule has 0 radical (unpaired) electrons. The first-order valence-corrected chi connectivity index (χ1v) is 9.43. The highest BCUT2D eigenvalue weighted by molar-refractivity contribution is 6.30. The van der Waals surface area contributed by atoms with Gasteiger partial charge in [0, 0.05) is 11.6 Å². The maximum Gasteiger partial charge on any atom is 0.177 e. The monoisotopic (exact) mass is 375 g/mol. The van der Waals surface area contributed by atoms with Crippen LogP contribution in [0.3, 0.4) is 0 Å². The summed E-state index contributed by atoms with van der Waals surface area (Å²) < 4.78 is 18.0. The molecule has 26 heavy (non-hydrogen) atoms. The molecule has 1 N–H and O–H groups in total. The van der Waals surface area contributed by atoms with Crippen LogP contribution in [0.4, 0.5) is 0 Å². The van der Waals surface area contributed by atoms with Gasteiger partial charge in [-0.25, -0.2) is 0 Å². The first kappa shape index (κ1) is 19.2. The second-order valence-electron chi connectivity index (χ2n) is 6.75. The fourth-order valence-corrected chi connectivity index (χ4v) is 3.31. The molecule has 1 saturated heterocycles. The Morgan fingerprint density at radius 2 is 1.88 bits per heavy atom. The Labute approximate surface area is 160 Å². The quantitative estimate of drug-likeness (QED) is 0.780. The third kappa shape index (κ3) is 4.98. The molecule has 1 heterocycles. The number of hydrogen-bond donors (Lipinski definition) is 1. The third-order valence-corrected chi connectivity index (χ3v) is 4.47. The van der Waals surface area contributed by atoms with Crippen molar-refractivity contribution in [1.29, 1.82) is 0 Å². The maximum atomic E-state index is 6.27. The third-order valence-electron chi connectivity index (χ3n) is 4.25.